The fourth-order valence-corrected chi connectivity index (χ4v) is 3.55. The zero-order valence-corrected chi connectivity index (χ0v) is 14.3. The molecule has 0 saturated heterocycles. The minimum Gasteiger partial charge on any atom is -0.323 e. The highest BCUT2D eigenvalue weighted by Gasteiger charge is 2.12. The standard InChI is InChI=1S/C17H11ClN6S/c18-11-3-1-2-4-12(11)20-16-22-17-21-13-9-10(15-19-7-8-25-15)5-6-14(13)24(17)23-16/h1-9H,(H2,20,21,22,23). The van der Waals surface area contributed by atoms with Crippen molar-refractivity contribution >= 4 is 51.4 Å². The molecule has 2 aromatic carbocycles. The number of para-hydroxylation sites is 1. The summed E-state index contributed by atoms with van der Waals surface area (Å²) in [6.07, 6.45) is 1.80. The summed E-state index contributed by atoms with van der Waals surface area (Å²) in [5.74, 6) is 1.18. The van der Waals surface area contributed by atoms with Crippen LogP contribution in [0.4, 0.5) is 11.6 Å². The number of H-pyrrole nitrogens is 1. The maximum Gasteiger partial charge on any atom is 0.253 e. The molecule has 0 fully saturated rings. The molecule has 0 aliphatic heterocycles. The number of anilines is 2. The summed E-state index contributed by atoms with van der Waals surface area (Å²) in [6.45, 7) is 0. The van der Waals surface area contributed by atoms with Crippen LogP contribution in [-0.2, 0) is 0 Å². The van der Waals surface area contributed by atoms with E-state index >= 15 is 0 Å². The molecule has 0 spiro atoms. The van der Waals surface area contributed by atoms with Gasteiger partial charge in [-0.2, -0.15) is 4.98 Å². The number of aromatic amines is 1. The Morgan fingerprint density at radius 2 is 2.04 bits per heavy atom. The largest absolute Gasteiger partial charge is 0.323 e. The fourth-order valence-electron chi connectivity index (χ4n) is 2.73. The molecule has 0 unspecified atom stereocenters. The Balaban J connectivity index is 1.56. The van der Waals surface area contributed by atoms with E-state index in [0.717, 1.165) is 27.3 Å². The minimum absolute atomic E-state index is 0.585. The van der Waals surface area contributed by atoms with Gasteiger partial charge in [0.1, 0.15) is 5.01 Å². The molecule has 0 atom stereocenters. The van der Waals surface area contributed by atoms with Gasteiger partial charge in [0.2, 0.25) is 5.95 Å². The normalized spacial score (nSPS) is 11.4. The van der Waals surface area contributed by atoms with Gasteiger partial charge in [-0.25, -0.2) is 14.5 Å². The van der Waals surface area contributed by atoms with Crippen molar-refractivity contribution in [3.05, 3.63) is 59.1 Å². The molecular formula is C17H11ClN6S. The van der Waals surface area contributed by atoms with Crippen LogP contribution in [0.3, 0.4) is 0 Å². The SMILES string of the molecule is Clc1ccccc1Nc1nc2nc3cc(-c4nccs4)ccc3n2[nH]1. The second kappa shape index (κ2) is 5.58. The molecule has 0 bridgehead atoms. The van der Waals surface area contributed by atoms with E-state index in [2.05, 4.69) is 25.4 Å². The summed E-state index contributed by atoms with van der Waals surface area (Å²) >= 11 is 7.78. The Kier molecular flexibility index (Phi) is 3.22. The van der Waals surface area contributed by atoms with Gasteiger partial charge in [0.25, 0.3) is 5.78 Å². The molecule has 0 aliphatic carbocycles. The highest BCUT2D eigenvalue weighted by molar-refractivity contribution is 7.13. The average molecular weight is 367 g/mol. The van der Waals surface area contributed by atoms with Crippen molar-refractivity contribution in [2.24, 2.45) is 0 Å². The first-order valence-electron chi connectivity index (χ1n) is 7.57. The van der Waals surface area contributed by atoms with Crippen LogP contribution in [0.2, 0.25) is 5.02 Å². The lowest BCUT2D eigenvalue weighted by molar-refractivity contribution is 1.01. The van der Waals surface area contributed by atoms with Gasteiger partial charge in [-0.05, 0) is 30.3 Å². The minimum atomic E-state index is 0.585. The van der Waals surface area contributed by atoms with Gasteiger partial charge in [-0.1, -0.05) is 23.7 Å². The summed E-state index contributed by atoms with van der Waals surface area (Å²) in [7, 11) is 0. The lowest BCUT2D eigenvalue weighted by Gasteiger charge is -2.03. The maximum absolute atomic E-state index is 6.18. The summed E-state index contributed by atoms with van der Waals surface area (Å²) in [6, 6.07) is 13.6. The fraction of sp³-hybridized carbons (Fsp3) is 0. The number of benzene rings is 2. The van der Waals surface area contributed by atoms with Crippen LogP contribution in [0.25, 0.3) is 27.4 Å². The molecule has 0 aliphatic rings. The van der Waals surface area contributed by atoms with Gasteiger partial charge < -0.3 is 5.32 Å². The molecule has 2 N–H and O–H groups in total. The number of hydrogen-bond donors (Lipinski definition) is 2. The molecule has 5 rings (SSSR count). The van der Waals surface area contributed by atoms with E-state index in [9.17, 15) is 0 Å². The molecule has 5 aromatic rings. The second-order valence-corrected chi connectivity index (χ2v) is 6.77. The lowest BCUT2D eigenvalue weighted by atomic mass is 10.2. The van der Waals surface area contributed by atoms with Crippen molar-refractivity contribution in [3.8, 4) is 10.6 Å². The van der Waals surface area contributed by atoms with E-state index in [4.69, 9.17) is 11.6 Å². The maximum atomic E-state index is 6.18. The molecule has 0 amide bonds. The smallest absolute Gasteiger partial charge is 0.253 e. The van der Waals surface area contributed by atoms with Gasteiger partial charge in [0.15, 0.2) is 0 Å². The van der Waals surface area contributed by atoms with E-state index in [0.29, 0.717) is 16.7 Å². The van der Waals surface area contributed by atoms with Crippen LogP contribution in [0.5, 0.6) is 0 Å². The Morgan fingerprint density at radius 3 is 2.88 bits per heavy atom. The third kappa shape index (κ3) is 2.45. The zero-order chi connectivity index (χ0) is 16.8. The number of nitrogens with zero attached hydrogens (tertiary/aromatic N) is 4. The molecule has 0 radical (unpaired) electrons. The van der Waals surface area contributed by atoms with Crippen molar-refractivity contribution in [1.29, 1.82) is 0 Å². The Labute approximate surface area is 151 Å². The van der Waals surface area contributed by atoms with Gasteiger partial charge >= 0.3 is 0 Å². The highest BCUT2D eigenvalue weighted by Crippen LogP contribution is 2.27. The predicted molar refractivity (Wildman–Crippen MR) is 101 cm³/mol. The van der Waals surface area contributed by atoms with Crippen LogP contribution in [0.15, 0.2) is 54.0 Å². The third-order valence-electron chi connectivity index (χ3n) is 3.87. The number of halogens is 1. The molecule has 8 heteroatoms. The van der Waals surface area contributed by atoms with E-state index < -0.39 is 0 Å². The first-order valence-corrected chi connectivity index (χ1v) is 8.83. The molecule has 3 heterocycles. The van der Waals surface area contributed by atoms with Crippen LogP contribution in [0, 0.1) is 0 Å². The topological polar surface area (TPSA) is 70.9 Å². The van der Waals surface area contributed by atoms with Crippen molar-refractivity contribution in [1.82, 2.24) is 24.6 Å². The average Bonchev–Trinajstić information content (AvgIpc) is 3.32. The highest BCUT2D eigenvalue weighted by atomic mass is 35.5. The molecule has 25 heavy (non-hydrogen) atoms. The number of rotatable bonds is 3. The first kappa shape index (κ1) is 14.4. The first-order chi connectivity index (χ1) is 12.3. The van der Waals surface area contributed by atoms with Gasteiger partial charge in [-0.3, -0.25) is 5.10 Å². The van der Waals surface area contributed by atoms with E-state index in [1.807, 2.05) is 52.4 Å². The number of nitrogens with one attached hydrogen (secondary N) is 2. The predicted octanol–water partition coefficient (Wildman–Crippen LogP) is 4.73. The monoisotopic (exact) mass is 366 g/mol. The second-order valence-electron chi connectivity index (χ2n) is 5.47. The third-order valence-corrected chi connectivity index (χ3v) is 5.02. The quantitative estimate of drug-likeness (QED) is 0.484. The Hall–Kier alpha value is -2.90. The number of fused-ring (bicyclic) bond motifs is 3. The van der Waals surface area contributed by atoms with E-state index in [-0.39, 0.29) is 0 Å². The van der Waals surface area contributed by atoms with E-state index in [1.165, 1.54) is 0 Å². The molecule has 6 nitrogen and oxygen atoms in total. The number of hydrogen-bond acceptors (Lipinski definition) is 5. The summed E-state index contributed by atoms with van der Waals surface area (Å²) in [4.78, 5) is 13.4. The van der Waals surface area contributed by atoms with E-state index in [1.54, 1.807) is 17.5 Å². The lowest BCUT2D eigenvalue weighted by Crippen LogP contribution is -1.94. The van der Waals surface area contributed by atoms with Crippen LogP contribution < -0.4 is 5.32 Å². The van der Waals surface area contributed by atoms with Crippen molar-refractivity contribution in [2.75, 3.05) is 5.32 Å². The number of thiazole rings is 1. The molecule has 0 saturated carbocycles. The molecular weight excluding hydrogens is 356 g/mol. The van der Waals surface area contributed by atoms with Crippen LogP contribution in [0.1, 0.15) is 0 Å². The van der Waals surface area contributed by atoms with Gasteiger partial charge in [0.05, 0.1) is 21.7 Å². The summed E-state index contributed by atoms with van der Waals surface area (Å²) in [5.41, 5.74) is 3.67. The van der Waals surface area contributed by atoms with Crippen LogP contribution in [-0.4, -0.2) is 24.6 Å². The number of imidazole rings is 1. The molecule has 3 aromatic heterocycles. The number of aromatic nitrogens is 5. The van der Waals surface area contributed by atoms with Crippen molar-refractivity contribution in [2.45, 2.75) is 0 Å². The van der Waals surface area contributed by atoms with Gasteiger partial charge in [0, 0.05) is 17.1 Å². The van der Waals surface area contributed by atoms with Crippen molar-refractivity contribution in [3.63, 3.8) is 0 Å². The summed E-state index contributed by atoms with van der Waals surface area (Å²) < 4.78 is 1.85. The van der Waals surface area contributed by atoms with Crippen LogP contribution >= 0.6 is 22.9 Å². The Bertz CT molecular complexity index is 1190. The summed E-state index contributed by atoms with van der Waals surface area (Å²) in [5, 5.41) is 9.96. The zero-order valence-electron chi connectivity index (χ0n) is 12.8. The van der Waals surface area contributed by atoms with Crippen molar-refractivity contribution < 1.29 is 0 Å². The van der Waals surface area contributed by atoms with Gasteiger partial charge in [-0.15, -0.1) is 11.3 Å². The molecule has 122 valence electrons. The Morgan fingerprint density at radius 1 is 1.12 bits per heavy atom.